The lowest BCUT2D eigenvalue weighted by Gasteiger charge is -2.15. The predicted octanol–water partition coefficient (Wildman–Crippen LogP) is 2.11. The third-order valence-corrected chi connectivity index (χ3v) is 6.14. The van der Waals surface area contributed by atoms with Crippen LogP contribution in [0.15, 0.2) is 46.7 Å². The van der Waals surface area contributed by atoms with Gasteiger partial charge in [-0.1, -0.05) is 12.1 Å². The molecular weight excluding hydrogens is 376 g/mol. The number of ether oxygens (including phenoxy) is 1. The Morgan fingerprint density at radius 3 is 2.58 bits per heavy atom. The molecule has 0 aliphatic rings. The van der Waals surface area contributed by atoms with Gasteiger partial charge < -0.3 is 10.1 Å². The molecule has 9 heteroatoms. The Labute approximate surface area is 156 Å². The van der Waals surface area contributed by atoms with Crippen molar-refractivity contribution in [1.29, 1.82) is 0 Å². The molecule has 0 bridgehead atoms. The van der Waals surface area contributed by atoms with E-state index in [0.717, 1.165) is 9.18 Å². The van der Waals surface area contributed by atoms with Gasteiger partial charge in [0.15, 0.2) is 6.10 Å². The van der Waals surface area contributed by atoms with Crippen LogP contribution in [0.1, 0.15) is 11.8 Å². The Kier molecular flexibility index (Phi) is 6.52. The van der Waals surface area contributed by atoms with Crippen LogP contribution in [0.25, 0.3) is 0 Å². The number of carbonyl (C=O) groups is 2. The summed E-state index contributed by atoms with van der Waals surface area (Å²) in [7, 11) is -0.753. The maximum atomic E-state index is 12.2. The summed E-state index contributed by atoms with van der Waals surface area (Å²) in [5.74, 6) is -1.04. The summed E-state index contributed by atoms with van der Waals surface area (Å²) in [5.41, 5.74) is 0.305. The van der Waals surface area contributed by atoms with Gasteiger partial charge in [-0.2, -0.15) is 0 Å². The SMILES string of the molecule is C[C@H](OC(=O)Cc1cccs1)C(=O)Nc1cccc(S(=O)(=O)N(C)C)c1. The number of anilines is 1. The second-order valence-corrected chi connectivity index (χ2v) is 8.88. The Morgan fingerprint density at radius 1 is 1.23 bits per heavy atom. The zero-order valence-corrected chi connectivity index (χ0v) is 16.3. The Morgan fingerprint density at radius 2 is 1.96 bits per heavy atom. The fourth-order valence-electron chi connectivity index (χ4n) is 2.04. The molecule has 1 N–H and O–H groups in total. The van der Waals surface area contributed by atoms with Crippen LogP contribution < -0.4 is 5.32 Å². The van der Waals surface area contributed by atoms with E-state index in [1.807, 2.05) is 17.5 Å². The minimum atomic E-state index is -3.61. The number of nitrogens with zero attached hydrogens (tertiary/aromatic N) is 1. The van der Waals surface area contributed by atoms with E-state index in [1.165, 1.54) is 50.6 Å². The average Bonchev–Trinajstić information content (AvgIpc) is 3.07. The molecule has 1 amide bonds. The van der Waals surface area contributed by atoms with Crippen LogP contribution in [0, 0.1) is 0 Å². The van der Waals surface area contributed by atoms with Gasteiger partial charge in [0.2, 0.25) is 10.0 Å². The van der Waals surface area contributed by atoms with Gasteiger partial charge in [-0.25, -0.2) is 12.7 Å². The molecule has 2 rings (SSSR count). The minimum Gasteiger partial charge on any atom is -0.452 e. The first kappa shape index (κ1) is 20.1. The van der Waals surface area contributed by atoms with Crippen LogP contribution in [-0.4, -0.2) is 44.8 Å². The molecule has 0 saturated carbocycles. The molecule has 1 atom stereocenters. The van der Waals surface area contributed by atoms with Gasteiger partial charge in [-0.15, -0.1) is 11.3 Å². The van der Waals surface area contributed by atoms with Crippen molar-refractivity contribution in [1.82, 2.24) is 4.31 Å². The van der Waals surface area contributed by atoms with Crippen LogP contribution >= 0.6 is 11.3 Å². The molecule has 0 radical (unpaired) electrons. The molecule has 26 heavy (non-hydrogen) atoms. The zero-order chi connectivity index (χ0) is 19.3. The van der Waals surface area contributed by atoms with Gasteiger partial charge in [0.25, 0.3) is 5.91 Å². The number of rotatable bonds is 7. The summed E-state index contributed by atoms with van der Waals surface area (Å²) in [4.78, 5) is 25.0. The summed E-state index contributed by atoms with van der Waals surface area (Å²) in [6, 6.07) is 9.53. The van der Waals surface area contributed by atoms with E-state index >= 15 is 0 Å². The number of carbonyl (C=O) groups excluding carboxylic acids is 2. The van der Waals surface area contributed by atoms with Crippen molar-refractivity contribution in [2.24, 2.45) is 0 Å². The number of benzene rings is 1. The Bertz CT molecular complexity index is 876. The highest BCUT2D eigenvalue weighted by Gasteiger charge is 2.20. The molecule has 2 aromatic rings. The van der Waals surface area contributed by atoms with Crippen molar-refractivity contribution in [2.45, 2.75) is 24.3 Å². The molecular formula is C17H20N2O5S2. The second-order valence-electron chi connectivity index (χ2n) is 5.69. The lowest BCUT2D eigenvalue weighted by Crippen LogP contribution is -2.30. The number of hydrogen-bond acceptors (Lipinski definition) is 6. The Hall–Kier alpha value is -2.23. The molecule has 0 aliphatic carbocycles. The summed E-state index contributed by atoms with van der Waals surface area (Å²) >= 11 is 1.43. The minimum absolute atomic E-state index is 0.0580. The molecule has 0 fully saturated rings. The van der Waals surface area contributed by atoms with Gasteiger partial charge in [0, 0.05) is 24.7 Å². The quantitative estimate of drug-likeness (QED) is 0.724. The summed E-state index contributed by atoms with van der Waals surface area (Å²) in [6.45, 7) is 1.46. The number of nitrogens with one attached hydrogen (secondary N) is 1. The average molecular weight is 396 g/mol. The first-order valence-corrected chi connectivity index (χ1v) is 10.1. The zero-order valence-electron chi connectivity index (χ0n) is 14.6. The highest BCUT2D eigenvalue weighted by atomic mass is 32.2. The van der Waals surface area contributed by atoms with Crippen LogP contribution in [0.5, 0.6) is 0 Å². The van der Waals surface area contributed by atoms with Crippen molar-refractivity contribution in [2.75, 3.05) is 19.4 Å². The van der Waals surface area contributed by atoms with Crippen LogP contribution in [-0.2, 0) is 30.8 Å². The van der Waals surface area contributed by atoms with E-state index in [9.17, 15) is 18.0 Å². The topological polar surface area (TPSA) is 92.8 Å². The van der Waals surface area contributed by atoms with Gasteiger partial charge in [-0.05, 0) is 36.6 Å². The van der Waals surface area contributed by atoms with E-state index < -0.39 is 28.0 Å². The van der Waals surface area contributed by atoms with Gasteiger partial charge in [0.05, 0.1) is 11.3 Å². The first-order chi connectivity index (χ1) is 12.2. The van der Waals surface area contributed by atoms with Crippen LogP contribution in [0.4, 0.5) is 5.69 Å². The lowest BCUT2D eigenvalue weighted by molar-refractivity contribution is -0.152. The van der Waals surface area contributed by atoms with Gasteiger partial charge in [0.1, 0.15) is 0 Å². The normalized spacial score (nSPS) is 12.6. The highest BCUT2D eigenvalue weighted by molar-refractivity contribution is 7.89. The molecule has 140 valence electrons. The van der Waals surface area contributed by atoms with E-state index in [0.29, 0.717) is 5.69 Å². The lowest BCUT2D eigenvalue weighted by atomic mass is 10.3. The largest absolute Gasteiger partial charge is 0.452 e. The van der Waals surface area contributed by atoms with E-state index in [-0.39, 0.29) is 11.3 Å². The molecule has 1 aromatic heterocycles. The van der Waals surface area contributed by atoms with E-state index in [2.05, 4.69) is 5.32 Å². The van der Waals surface area contributed by atoms with Crippen LogP contribution in [0.2, 0.25) is 0 Å². The first-order valence-electron chi connectivity index (χ1n) is 7.75. The number of amides is 1. The van der Waals surface area contributed by atoms with E-state index in [4.69, 9.17) is 4.74 Å². The number of sulfonamides is 1. The Balaban J connectivity index is 1.99. The fourth-order valence-corrected chi connectivity index (χ4v) is 3.68. The third-order valence-electron chi connectivity index (χ3n) is 3.46. The van der Waals surface area contributed by atoms with Crippen molar-refractivity contribution in [3.8, 4) is 0 Å². The second kappa shape index (κ2) is 8.43. The third kappa shape index (κ3) is 5.13. The summed E-state index contributed by atoms with van der Waals surface area (Å²) in [6.07, 6.45) is -0.900. The summed E-state index contributed by atoms with van der Waals surface area (Å²) < 4.78 is 30.5. The fraction of sp³-hybridized carbons (Fsp3) is 0.294. The maximum Gasteiger partial charge on any atom is 0.311 e. The van der Waals surface area contributed by atoms with Crippen molar-refractivity contribution < 1.29 is 22.7 Å². The molecule has 7 nitrogen and oxygen atoms in total. The number of hydrogen-bond donors (Lipinski definition) is 1. The monoisotopic (exact) mass is 396 g/mol. The van der Waals surface area contributed by atoms with Crippen molar-refractivity contribution >= 4 is 38.9 Å². The number of esters is 1. The maximum absolute atomic E-state index is 12.2. The smallest absolute Gasteiger partial charge is 0.311 e. The van der Waals surface area contributed by atoms with Crippen LogP contribution in [0.3, 0.4) is 0 Å². The molecule has 0 spiro atoms. The predicted molar refractivity (Wildman–Crippen MR) is 99.5 cm³/mol. The van der Waals surface area contributed by atoms with Gasteiger partial charge >= 0.3 is 5.97 Å². The molecule has 0 saturated heterocycles. The molecule has 1 heterocycles. The molecule has 1 aromatic carbocycles. The van der Waals surface area contributed by atoms with E-state index in [1.54, 1.807) is 6.07 Å². The molecule has 0 aliphatic heterocycles. The highest BCUT2D eigenvalue weighted by Crippen LogP contribution is 2.18. The summed E-state index contributed by atoms with van der Waals surface area (Å²) in [5, 5.41) is 4.42. The standard InChI is InChI=1S/C17H20N2O5S2/c1-12(24-16(20)11-14-7-5-9-25-14)17(21)18-13-6-4-8-15(10-13)26(22,23)19(2)3/h4-10,12H,11H2,1-3H3,(H,18,21)/t12-/m0/s1. The number of thiophene rings is 1. The van der Waals surface area contributed by atoms with Crippen molar-refractivity contribution in [3.63, 3.8) is 0 Å². The van der Waals surface area contributed by atoms with Gasteiger partial charge in [-0.3, -0.25) is 9.59 Å². The van der Waals surface area contributed by atoms with Crippen molar-refractivity contribution in [3.05, 3.63) is 46.7 Å². The molecule has 0 unspecified atom stereocenters.